The number of nitriles is 1. The second-order valence-electron chi connectivity index (χ2n) is 5.05. The topological polar surface area (TPSA) is 42.2 Å². The first-order chi connectivity index (χ1) is 7.83. The summed E-state index contributed by atoms with van der Waals surface area (Å²) in [6, 6.07) is 2.36. The van der Waals surface area contributed by atoms with E-state index in [-0.39, 0.29) is 12.2 Å². The Morgan fingerprint density at radius 3 is 2.25 bits per heavy atom. The standard InChI is InChI=1S/C13H21NO2/c1-2-10-8-15-13(16-9-10)12-5-3-11(7-14)4-6-12/h10-13H,2-6,8-9H2,1H3/t10-,11?,12?,13-. The molecule has 1 saturated carbocycles. The number of rotatable bonds is 2. The lowest BCUT2D eigenvalue weighted by Gasteiger charge is -2.36. The minimum Gasteiger partial charge on any atom is -0.352 e. The van der Waals surface area contributed by atoms with Crippen LogP contribution in [0.5, 0.6) is 0 Å². The summed E-state index contributed by atoms with van der Waals surface area (Å²) in [5.74, 6) is 1.36. The Labute approximate surface area is 97.7 Å². The van der Waals surface area contributed by atoms with Crippen molar-refractivity contribution in [1.29, 1.82) is 5.26 Å². The molecule has 2 fully saturated rings. The molecule has 0 atom stereocenters. The van der Waals surface area contributed by atoms with Crippen molar-refractivity contribution in [2.75, 3.05) is 13.2 Å². The predicted molar refractivity (Wildman–Crippen MR) is 60.5 cm³/mol. The summed E-state index contributed by atoms with van der Waals surface area (Å²) in [4.78, 5) is 0. The molecule has 1 aliphatic heterocycles. The fourth-order valence-electron chi connectivity index (χ4n) is 2.59. The molecule has 0 aromatic rings. The molecular formula is C13H21NO2. The van der Waals surface area contributed by atoms with Crippen molar-refractivity contribution in [1.82, 2.24) is 0 Å². The van der Waals surface area contributed by atoms with Crippen molar-refractivity contribution in [3.63, 3.8) is 0 Å². The van der Waals surface area contributed by atoms with Gasteiger partial charge in [-0.1, -0.05) is 6.92 Å². The maximum atomic E-state index is 8.84. The minimum atomic E-state index is 0.00226. The molecule has 3 heteroatoms. The maximum Gasteiger partial charge on any atom is 0.160 e. The van der Waals surface area contributed by atoms with E-state index in [1.807, 2.05) is 0 Å². The summed E-state index contributed by atoms with van der Waals surface area (Å²) in [6.07, 6.45) is 5.33. The molecule has 3 nitrogen and oxygen atoms in total. The summed E-state index contributed by atoms with van der Waals surface area (Å²) in [6.45, 7) is 3.87. The van der Waals surface area contributed by atoms with Crippen LogP contribution in [0.15, 0.2) is 0 Å². The SMILES string of the molecule is CC[C@H]1CO[C@H](C2CCC(C#N)CC2)OC1. The molecule has 90 valence electrons. The van der Waals surface area contributed by atoms with E-state index in [1.165, 1.54) is 0 Å². The number of hydrogen-bond acceptors (Lipinski definition) is 3. The maximum absolute atomic E-state index is 8.84. The molecule has 0 unspecified atom stereocenters. The molecule has 1 aliphatic carbocycles. The van der Waals surface area contributed by atoms with Gasteiger partial charge in [0.2, 0.25) is 0 Å². The van der Waals surface area contributed by atoms with E-state index in [1.54, 1.807) is 0 Å². The lowest BCUT2D eigenvalue weighted by atomic mass is 9.82. The second kappa shape index (κ2) is 5.65. The van der Waals surface area contributed by atoms with Gasteiger partial charge in [-0.05, 0) is 32.1 Å². The van der Waals surface area contributed by atoms with Crippen molar-refractivity contribution in [3.8, 4) is 6.07 Å². The fraction of sp³-hybridized carbons (Fsp3) is 0.923. The van der Waals surface area contributed by atoms with Gasteiger partial charge in [-0.2, -0.15) is 5.26 Å². The van der Waals surface area contributed by atoms with Crippen LogP contribution in [-0.2, 0) is 9.47 Å². The first-order valence-corrected chi connectivity index (χ1v) is 6.46. The summed E-state index contributed by atoms with van der Waals surface area (Å²) in [7, 11) is 0. The molecule has 0 spiro atoms. The zero-order chi connectivity index (χ0) is 11.4. The summed E-state index contributed by atoms with van der Waals surface area (Å²) < 4.78 is 11.6. The average molecular weight is 223 g/mol. The second-order valence-corrected chi connectivity index (χ2v) is 5.05. The number of hydrogen-bond donors (Lipinski definition) is 0. The fourth-order valence-corrected chi connectivity index (χ4v) is 2.59. The van der Waals surface area contributed by atoms with Crippen molar-refractivity contribution >= 4 is 0 Å². The molecule has 0 amide bonds. The van der Waals surface area contributed by atoms with Crippen molar-refractivity contribution in [3.05, 3.63) is 0 Å². The Morgan fingerprint density at radius 1 is 1.12 bits per heavy atom. The predicted octanol–water partition coefficient (Wildman–Crippen LogP) is 2.72. The van der Waals surface area contributed by atoms with E-state index in [2.05, 4.69) is 13.0 Å². The van der Waals surface area contributed by atoms with Crippen LogP contribution in [0.2, 0.25) is 0 Å². The van der Waals surface area contributed by atoms with Gasteiger partial charge in [-0.25, -0.2) is 0 Å². The summed E-state index contributed by atoms with van der Waals surface area (Å²) >= 11 is 0. The van der Waals surface area contributed by atoms with E-state index in [4.69, 9.17) is 14.7 Å². The largest absolute Gasteiger partial charge is 0.352 e. The third-order valence-electron chi connectivity index (χ3n) is 3.91. The van der Waals surface area contributed by atoms with Crippen LogP contribution < -0.4 is 0 Å². The molecule has 1 saturated heterocycles. The quantitative estimate of drug-likeness (QED) is 0.723. The van der Waals surface area contributed by atoms with Crippen LogP contribution in [0.25, 0.3) is 0 Å². The van der Waals surface area contributed by atoms with Crippen LogP contribution in [-0.4, -0.2) is 19.5 Å². The Morgan fingerprint density at radius 2 is 1.75 bits per heavy atom. The van der Waals surface area contributed by atoms with E-state index in [9.17, 15) is 0 Å². The number of nitrogens with zero attached hydrogens (tertiary/aromatic N) is 1. The zero-order valence-electron chi connectivity index (χ0n) is 10.0. The van der Waals surface area contributed by atoms with Gasteiger partial charge in [-0.15, -0.1) is 0 Å². The summed E-state index contributed by atoms with van der Waals surface area (Å²) in [5.41, 5.74) is 0. The van der Waals surface area contributed by atoms with Gasteiger partial charge in [0.25, 0.3) is 0 Å². The Hall–Kier alpha value is -0.590. The minimum absolute atomic E-state index is 0.00226. The van der Waals surface area contributed by atoms with E-state index >= 15 is 0 Å². The first-order valence-electron chi connectivity index (χ1n) is 6.46. The molecule has 0 aromatic heterocycles. The van der Waals surface area contributed by atoms with Crippen LogP contribution in [0.3, 0.4) is 0 Å². The smallest absolute Gasteiger partial charge is 0.160 e. The highest BCUT2D eigenvalue weighted by molar-refractivity contribution is 4.88. The van der Waals surface area contributed by atoms with E-state index in [0.717, 1.165) is 45.3 Å². The molecule has 0 radical (unpaired) electrons. The highest BCUT2D eigenvalue weighted by atomic mass is 16.7. The van der Waals surface area contributed by atoms with Crippen LogP contribution in [0.1, 0.15) is 39.0 Å². The van der Waals surface area contributed by atoms with Gasteiger partial charge in [0.05, 0.1) is 19.3 Å². The highest BCUT2D eigenvalue weighted by Gasteiger charge is 2.31. The van der Waals surface area contributed by atoms with Crippen molar-refractivity contribution in [2.45, 2.75) is 45.3 Å². The lowest BCUT2D eigenvalue weighted by molar-refractivity contribution is -0.229. The third kappa shape index (κ3) is 2.75. The van der Waals surface area contributed by atoms with Gasteiger partial charge >= 0.3 is 0 Å². The monoisotopic (exact) mass is 223 g/mol. The molecule has 2 aliphatic rings. The van der Waals surface area contributed by atoms with E-state index in [0.29, 0.717) is 11.8 Å². The third-order valence-corrected chi connectivity index (χ3v) is 3.91. The van der Waals surface area contributed by atoms with Crippen LogP contribution in [0.4, 0.5) is 0 Å². The van der Waals surface area contributed by atoms with Gasteiger partial charge in [0.1, 0.15) is 0 Å². The molecule has 0 N–H and O–H groups in total. The van der Waals surface area contributed by atoms with Crippen molar-refractivity contribution in [2.24, 2.45) is 17.8 Å². The molecular weight excluding hydrogens is 202 g/mol. The number of ether oxygens (including phenoxy) is 2. The van der Waals surface area contributed by atoms with Gasteiger partial charge in [0.15, 0.2) is 6.29 Å². The van der Waals surface area contributed by atoms with Crippen LogP contribution in [0, 0.1) is 29.1 Å². The highest BCUT2D eigenvalue weighted by Crippen LogP contribution is 2.33. The molecule has 0 aromatic carbocycles. The van der Waals surface area contributed by atoms with Crippen molar-refractivity contribution < 1.29 is 9.47 Å². The van der Waals surface area contributed by atoms with E-state index < -0.39 is 0 Å². The summed E-state index contributed by atoms with van der Waals surface area (Å²) in [5, 5.41) is 8.84. The van der Waals surface area contributed by atoms with Gasteiger partial charge < -0.3 is 9.47 Å². The average Bonchev–Trinajstić information content (AvgIpc) is 2.39. The molecule has 2 rings (SSSR count). The van der Waals surface area contributed by atoms with Crippen LogP contribution >= 0.6 is 0 Å². The van der Waals surface area contributed by atoms with Gasteiger partial charge in [0, 0.05) is 17.8 Å². The molecule has 16 heavy (non-hydrogen) atoms. The Balaban J connectivity index is 1.76. The lowest BCUT2D eigenvalue weighted by Crippen LogP contribution is -2.38. The Kier molecular flexibility index (Phi) is 4.20. The Bertz CT molecular complexity index is 245. The van der Waals surface area contributed by atoms with Gasteiger partial charge in [-0.3, -0.25) is 0 Å². The first kappa shape index (κ1) is 11.9. The molecule has 0 bridgehead atoms. The normalized spacial score (nSPS) is 40.2. The molecule has 1 heterocycles. The zero-order valence-corrected chi connectivity index (χ0v) is 10.0.